The van der Waals surface area contributed by atoms with Crippen LogP contribution in [0.25, 0.3) is 0 Å². The van der Waals surface area contributed by atoms with E-state index in [4.69, 9.17) is 0 Å². The number of nitrogens with two attached hydrogens (primary N) is 1. The Morgan fingerprint density at radius 2 is 1.82 bits per heavy atom. The van der Waals surface area contributed by atoms with Gasteiger partial charge in [0, 0.05) is 24.3 Å². The second-order valence-corrected chi connectivity index (χ2v) is 7.76. The molecule has 0 unspecified atom stereocenters. The maximum atomic E-state index is 2.69. The average molecular weight is 298 g/mol. The van der Waals surface area contributed by atoms with Crippen LogP contribution in [0.1, 0.15) is 31.2 Å². The van der Waals surface area contributed by atoms with E-state index in [9.17, 15) is 0 Å². The van der Waals surface area contributed by atoms with Gasteiger partial charge in [0.2, 0.25) is 0 Å². The summed E-state index contributed by atoms with van der Waals surface area (Å²) in [5.41, 5.74) is 1.49. The smallest absolute Gasteiger partial charge is 0.103 e. The Hall–Kier alpha value is -1.12. The van der Waals surface area contributed by atoms with Crippen LogP contribution < -0.4 is 10.2 Å². The SMILES string of the molecule is C1=C[C@H]2C[C@H]1C[C@H]2C[NH2+]C1CC[NH+](Cc2ccccc2)CC1. The second kappa shape index (κ2) is 6.55. The van der Waals surface area contributed by atoms with Crippen molar-refractivity contribution in [2.75, 3.05) is 19.6 Å². The topological polar surface area (TPSA) is 21.1 Å². The fourth-order valence-electron chi connectivity index (χ4n) is 4.88. The van der Waals surface area contributed by atoms with E-state index in [-0.39, 0.29) is 0 Å². The molecule has 1 saturated heterocycles. The van der Waals surface area contributed by atoms with Gasteiger partial charge in [-0.05, 0) is 24.7 Å². The Balaban J connectivity index is 1.19. The number of hydrogen-bond acceptors (Lipinski definition) is 0. The summed E-state index contributed by atoms with van der Waals surface area (Å²) in [6.45, 7) is 5.30. The van der Waals surface area contributed by atoms with E-state index >= 15 is 0 Å². The van der Waals surface area contributed by atoms with Crippen LogP contribution in [0.3, 0.4) is 0 Å². The number of piperidine rings is 1. The molecule has 2 nitrogen and oxygen atoms in total. The lowest BCUT2D eigenvalue weighted by Crippen LogP contribution is -3.13. The van der Waals surface area contributed by atoms with Crippen molar-refractivity contribution in [1.82, 2.24) is 0 Å². The minimum absolute atomic E-state index is 0.891. The predicted molar refractivity (Wildman–Crippen MR) is 89.5 cm³/mol. The normalized spacial score (nSPS) is 36.8. The largest absolute Gasteiger partial charge is 0.343 e. The van der Waals surface area contributed by atoms with Gasteiger partial charge < -0.3 is 10.2 Å². The van der Waals surface area contributed by atoms with Gasteiger partial charge in [0.1, 0.15) is 6.54 Å². The molecular weight excluding hydrogens is 268 g/mol. The summed E-state index contributed by atoms with van der Waals surface area (Å²) in [4.78, 5) is 1.78. The molecule has 3 atom stereocenters. The summed E-state index contributed by atoms with van der Waals surface area (Å²) in [5.74, 6) is 2.83. The van der Waals surface area contributed by atoms with Gasteiger partial charge in [-0.25, -0.2) is 0 Å². The minimum Gasteiger partial charge on any atom is -0.343 e. The molecule has 0 radical (unpaired) electrons. The van der Waals surface area contributed by atoms with Crippen molar-refractivity contribution in [3.63, 3.8) is 0 Å². The summed E-state index contributed by atoms with van der Waals surface area (Å²) >= 11 is 0. The molecule has 0 amide bonds. The third-order valence-electron chi connectivity index (χ3n) is 6.22. The monoisotopic (exact) mass is 298 g/mol. The molecule has 0 spiro atoms. The molecule has 22 heavy (non-hydrogen) atoms. The zero-order valence-electron chi connectivity index (χ0n) is 13.6. The highest BCUT2D eigenvalue weighted by Gasteiger charge is 2.37. The van der Waals surface area contributed by atoms with E-state index < -0.39 is 0 Å². The van der Waals surface area contributed by atoms with Gasteiger partial charge in [0.15, 0.2) is 0 Å². The van der Waals surface area contributed by atoms with Crippen molar-refractivity contribution >= 4 is 0 Å². The van der Waals surface area contributed by atoms with Crippen LogP contribution >= 0.6 is 0 Å². The quantitative estimate of drug-likeness (QED) is 0.757. The zero-order chi connectivity index (χ0) is 14.8. The molecule has 3 aliphatic rings. The van der Waals surface area contributed by atoms with Crippen molar-refractivity contribution in [2.24, 2.45) is 17.8 Å². The van der Waals surface area contributed by atoms with Gasteiger partial charge in [0.25, 0.3) is 0 Å². The highest BCUT2D eigenvalue weighted by atomic mass is 15.1. The van der Waals surface area contributed by atoms with Gasteiger partial charge in [0.05, 0.1) is 25.7 Å². The molecule has 1 saturated carbocycles. The lowest BCUT2D eigenvalue weighted by Gasteiger charge is -2.29. The Kier molecular flexibility index (Phi) is 4.31. The molecule has 4 rings (SSSR count). The van der Waals surface area contributed by atoms with Crippen molar-refractivity contribution in [3.8, 4) is 0 Å². The van der Waals surface area contributed by atoms with Crippen molar-refractivity contribution in [1.29, 1.82) is 0 Å². The van der Waals surface area contributed by atoms with Crippen LogP contribution in [-0.2, 0) is 6.54 Å². The molecule has 1 aromatic carbocycles. The summed E-state index contributed by atoms with van der Waals surface area (Å²) in [6.07, 6.45) is 10.7. The first-order valence-corrected chi connectivity index (χ1v) is 9.26. The van der Waals surface area contributed by atoms with Gasteiger partial charge in [-0.2, -0.15) is 0 Å². The first-order valence-electron chi connectivity index (χ1n) is 9.26. The van der Waals surface area contributed by atoms with Gasteiger partial charge >= 0.3 is 0 Å². The van der Waals surface area contributed by atoms with E-state index in [1.807, 2.05) is 0 Å². The first-order chi connectivity index (χ1) is 10.9. The third kappa shape index (κ3) is 3.28. The van der Waals surface area contributed by atoms with Crippen molar-refractivity contribution < 1.29 is 10.2 Å². The van der Waals surface area contributed by atoms with Crippen LogP contribution in [0.15, 0.2) is 42.5 Å². The maximum absolute atomic E-state index is 2.69. The van der Waals surface area contributed by atoms with Crippen molar-refractivity contribution in [2.45, 2.75) is 38.3 Å². The Bertz CT molecular complexity index is 502. The van der Waals surface area contributed by atoms with Crippen LogP contribution in [0, 0.1) is 17.8 Å². The fraction of sp³-hybridized carbons (Fsp3) is 0.600. The van der Waals surface area contributed by atoms with Crippen LogP contribution in [-0.4, -0.2) is 25.7 Å². The molecule has 0 aromatic heterocycles. The molecule has 3 N–H and O–H groups in total. The number of rotatable bonds is 5. The van der Waals surface area contributed by atoms with Gasteiger partial charge in [-0.15, -0.1) is 0 Å². The lowest BCUT2D eigenvalue weighted by atomic mass is 9.93. The number of allylic oxidation sites excluding steroid dienone is 2. The molecule has 1 aliphatic heterocycles. The van der Waals surface area contributed by atoms with Gasteiger partial charge in [-0.1, -0.05) is 42.5 Å². The molecule has 2 aliphatic carbocycles. The third-order valence-corrected chi connectivity index (χ3v) is 6.22. The fourth-order valence-corrected chi connectivity index (χ4v) is 4.88. The summed E-state index contributed by atoms with van der Waals surface area (Å²) in [7, 11) is 0. The number of likely N-dealkylation sites (tertiary alicyclic amines) is 1. The Labute approximate surface area is 134 Å². The predicted octanol–water partition coefficient (Wildman–Crippen LogP) is 1.01. The zero-order valence-corrected chi connectivity index (χ0v) is 13.6. The number of nitrogens with one attached hydrogen (secondary N) is 1. The Morgan fingerprint density at radius 1 is 1.00 bits per heavy atom. The molecule has 2 fully saturated rings. The van der Waals surface area contributed by atoms with E-state index in [1.165, 1.54) is 57.4 Å². The van der Waals surface area contributed by atoms with Crippen molar-refractivity contribution in [3.05, 3.63) is 48.0 Å². The van der Waals surface area contributed by atoms with Crippen LogP contribution in [0.4, 0.5) is 0 Å². The molecular formula is C20H30N2+2. The molecule has 2 bridgehead atoms. The van der Waals surface area contributed by atoms with E-state index in [0.29, 0.717) is 0 Å². The number of benzene rings is 1. The molecule has 1 aromatic rings. The number of quaternary nitrogens is 2. The van der Waals surface area contributed by atoms with Crippen LogP contribution in [0.2, 0.25) is 0 Å². The second-order valence-electron chi connectivity index (χ2n) is 7.76. The minimum atomic E-state index is 0.891. The molecule has 118 valence electrons. The maximum Gasteiger partial charge on any atom is 0.103 e. The van der Waals surface area contributed by atoms with Crippen LogP contribution in [0.5, 0.6) is 0 Å². The summed E-state index contributed by atoms with van der Waals surface area (Å²) in [5, 5.41) is 2.69. The number of fused-ring (bicyclic) bond motifs is 2. The lowest BCUT2D eigenvalue weighted by molar-refractivity contribution is -0.926. The highest BCUT2D eigenvalue weighted by Crippen LogP contribution is 2.42. The Morgan fingerprint density at radius 3 is 2.50 bits per heavy atom. The van der Waals surface area contributed by atoms with E-state index in [0.717, 1.165) is 23.8 Å². The summed E-state index contributed by atoms with van der Waals surface area (Å²) in [6, 6.07) is 11.9. The van der Waals surface area contributed by atoms with E-state index in [2.05, 4.69) is 47.8 Å². The summed E-state index contributed by atoms with van der Waals surface area (Å²) < 4.78 is 0. The molecule has 2 heteroatoms. The van der Waals surface area contributed by atoms with Gasteiger partial charge in [-0.3, -0.25) is 0 Å². The number of hydrogen-bond donors (Lipinski definition) is 2. The average Bonchev–Trinajstić information content (AvgIpc) is 3.18. The van der Waals surface area contributed by atoms with E-state index in [1.54, 1.807) is 4.90 Å². The molecule has 1 heterocycles. The highest BCUT2D eigenvalue weighted by molar-refractivity contribution is 5.13. The standard InChI is InChI=1S/C20H28N2/c1-2-4-16(5-3-1)15-22-10-8-20(9-11-22)21-14-19-13-17-6-7-18(19)12-17/h1-7,17-21H,8-15H2/p+2/t17-,18-,19-/m0/s1. The first kappa shape index (κ1) is 14.5.